The Hall–Kier alpha value is -4.71. The van der Waals surface area contributed by atoms with E-state index >= 15 is 0 Å². The summed E-state index contributed by atoms with van der Waals surface area (Å²) in [6.07, 6.45) is 13.1. The van der Waals surface area contributed by atoms with Crippen LogP contribution in [0.2, 0.25) is 0 Å². The van der Waals surface area contributed by atoms with Crippen molar-refractivity contribution in [3.63, 3.8) is 0 Å². The topological polar surface area (TPSA) is 150 Å². The highest BCUT2D eigenvalue weighted by Crippen LogP contribution is 2.48. The van der Waals surface area contributed by atoms with E-state index in [9.17, 15) is 9.59 Å². The van der Waals surface area contributed by atoms with Crippen LogP contribution in [0.1, 0.15) is 162 Å². The van der Waals surface area contributed by atoms with Gasteiger partial charge in [0.05, 0.1) is 29.1 Å². The van der Waals surface area contributed by atoms with Crippen LogP contribution in [0.3, 0.4) is 0 Å². The van der Waals surface area contributed by atoms with Crippen molar-refractivity contribution in [1.82, 2.24) is 25.7 Å². The summed E-state index contributed by atoms with van der Waals surface area (Å²) in [6, 6.07) is 3.89. The first-order valence-electron chi connectivity index (χ1n) is 19.2. The maximum Gasteiger partial charge on any atom is 0.253 e. The minimum Gasteiger partial charge on any atom is -0.370 e. The summed E-state index contributed by atoms with van der Waals surface area (Å²) < 4.78 is 21.7. The first-order chi connectivity index (χ1) is 25.7. The van der Waals surface area contributed by atoms with Gasteiger partial charge in [0.15, 0.2) is 11.5 Å². The van der Waals surface area contributed by atoms with Gasteiger partial charge >= 0.3 is 0 Å². The molecule has 12 nitrogen and oxygen atoms in total. The van der Waals surface area contributed by atoms with Gasteiger partial charge < -0.3 is 23.2 Å². The van der Waals surface area contributed by atoms with E-state index in [1.54, 1.807) is 11.1 Å². The third-order valence-electron chi connectivity index (χ3n) is 10.4. The molecule has 0 N–H and O–H groups in total. The van der Waals surface area contributed by atoms with Gasteiger partial charge in [0.1, 0.15) is 35.2 Å². The molecular formula is C41H50N6O6. The molecule has 53 heavy (non-hydrogen) atoms. The van der Waals surface area contributed by atoms with Crippen molar-refractivity contribution in [3.05, 3.63) is 70.9 Å². The number of carbonyl (C=O) groups excluding carboxylic acids is 2. The van der Waals surface area contributed by atoms with Crippen LogP contribution in [-0.4, -0.2) is 57.1 Å². The number of nitrogens with zero attached hydrogens (tertiary/aromatic N) is 6. The Morgan fingerprint density at radius 1 is 0.906 bits per heavy atom. The number of allylic oxidation sites excluding steroid dienone is 3. The Labute approximate surface area is 310 Å². The van der Waals surface area contributed by atoms with Gasteiger partial charge in [-0.1, -0.05) is 55.8 Å². The van der Waals surface area contributed by atoms with Gasteiger partial charge in [-0.3, -0.25) is 9.59 Å². The SMILES string of the molecule is C=C(C)c1noc(C2CC2)c1C1=CCCC1=O.CC(C)c1noc(C2CC2)c1N1CCOCC1=O.CCC(C)c1noc(C2CC2)c1-c1cccnn1. The molecule has 9 rings (SSSR count). The standard InChI is InChI=1S/C14H17N3O.C14H15NO2.C13H18N2O3/c1-3-9(2)13-12(11-5-4-8-15-16-11)14(18-17-13)10-6-7-10;1-8(2)13-12(10-4-3-5-11(10)16)14(17-15-13)9-6-7-9;1-8(2)11-12(13(18-14-11)9-3-4-9)15-5-6-17-7-10(15)16/h4-5,8-10H,3,6-7H2,1-2H3;4,9H,1,3,5-7H2,2H3;8-9H,3-7H2,1-2H3. The summed E-state index contributed by atoms with van der Waals surface area (Å²) in [5.41, 5.74) is 8.14. The number of aromatic nitrogens is 5. The molecule has 4 aromatic rings. The van der Waals surface area contributed by atoms with Crippen LogP contribution < -0.4 is 4.90 Å². The number of hydrogen-bond donors (Lipinski definition) is 0. The van der Waals surface area contributed by atoms with Gasteiger partial charge in [-0.05, 0) is 76.0 Å². The van der Waals surface area contributed by atoms with Crippen LogP contribution in [0, 0.1) is 0 Å². The van der Waals surface area contributed by atoms with Gasteiger partial charge in [-0.2, -0.15) is 10.2 Å². The van der Waals surface area contributed by atoms with E-state index in [1.165, 1.54) is 12.8 Å². The molecule has 5 aliphatic rings. The maximum atomic E-state index is 12.0. The minimum atomic E-state index is 0.00764. The third kappa shape index (κ3) is 7.97. The Bertz CT molecular complexity index is 1960. The summed E-state index contributed by atoms with van der Waals surface area (Å²) in [4.78, 5) is 25.7. The van der Waals surface area contributed by atoms with Gasteiger partial charge in [0, 0.05) is 54.3 Å². The van der Waals surface area contributed by atoms with Crippen LogP contribution in [0.15, 0.2) is 44.6 Å². The lowest BCUT2D eigenvalue weighted by Crippen LogP contribution is -2.42. The van der Waals surface area contributed by atoms with Crippen molar-refractivity contribution in [2.45, 2.75) is 122 Å². The predicted octanol–water partition coefficient (Wildman–Crippen LogP) is 8.89. The molecule has 12 heteroatoms. The van der Waals surface area contributed by atoms with Crippen molar-refractivity contribution < 1.29 is 27.9 Å². The molecule has 4 aromatic heterocycles. The lowest BCUT2D eigenvalue weighted by molar-refractivity contribution is -0.125. The molecule has 280 valence electrons. The van der Waals surface area contributed by atoms with Gasteiger partial charge in [0.2, 0.25) is 0 Å². The second-order valence-electron chi connectivity index (χ2n) is 15.2. The summed E-state index contributed by atoms with van der Waals surface area (Å²) in [6.45, 7) is 15.6. The predicted molar refractivity (Wildman–Crippen MR) is 199 cm³/mol. The van der Waals surface area contributed by atoms with E-state index in [4.69, 9.17) is 18.3 Å². The summed E-state index contributed by atoms with van der Waals surface area (Å²) in [5, 5.41) is 20.7. The molecule has 0 aromatic carbocycles. The minimum absolute atomic E-state index is 0.00764. The lowest BCUT2D eigenvalue weighted by atomic mass is 9.97. The zero-order valence-electron chi connectivity index (χ0n) is 31.5. The quantitative estimate of drug-likeness (QED) is 0.154. The van der Waals surface area contributed by atoms with Gasteiger partial charge in [-0.25, -0.2) is 0 Å². The normalized spacial score (nSPS) is 19.1. The average Bonchev–Trinajstić information content (AvgIpc) is 4.14. The molecule has 4 fully saturated rings. The molecule has 1 unspecified atom stereocenters. The van der Waals surface area contributed by atoms with Gasteiger partial charge in [-0.15, -0.1) is 0 Å². The molecule has 1 saturated heterocycles. The number of carbonyl (C=O) groups is 2. The number of hydrogen-bond acceptors (Lipinski definition) is 11. The lowest BCUT2D eigenvalue weighted by Gasteiger charge is -2.27. The second-order valence-corrected chi connectivity index (χ2v) is 15.2. The Morgan fingerprint density at radius 3 is 2.11 bits per heavy atom. The van der Waals surface area contributed by atoms with Crippen molar-refractivity contribution >= 4 is 28.5 Å². The molecular weight excluding hydrogens is 672 g/mol. The van der Waals surface area contributed by atoms with E-state index in [2.05, 4.69) is 59.9 Å². The smallest absolute Gasteiger partial charge is 0.253 e. The Morgan fingerprint density at radius 2 is 1.55 bits per heavy atom. The van der Waals surface area contributed by atoms with Crippen LogP contribution in [0.4, 0.5) is 5.69 Å². The zero-order chi connectivity index (χ0) is 37.2. The Kier molecular flexibility index (Phi) is 10.9. The van der Waals surface area contributed by atoms with Crippen LogP contribution in [0.5, 0.6) is 0 Å². The molecule has 0 bridgehead atoms. The molecule has 0 radical (unpaired) electrons. The largest absolute Gasteiger partial charge is 0.370 e. The van der Waals surface area contributed by atoms with E-state index in [-0.39, 0.29) is 24.2 Å². The van der Waals surface area contributed by atoms with E-state index in [0.717, 1.165) is 107 Å². The zero-order valence-corrected chi connectivity index (χ0v) is 31.5. The number of amides is 1. The van der Waals surface area contributed by atoms with Crippen LogP contribution in [0.25, 0.3) is 22.4 Å². The van der Waals surface area contributed by atoms with Crippen molar-refractivity contribution in [2.24, 2.45) is 0 Å². The van der Waals surface area contributed by atoms with Crippen LogP contribution in [-0.2, 0) is 14.3 Å². The molecule has 0 spiro atoms. The molecule has 1 amide bonds. The molecule has 1 aliphatic heterocycles. The highest BCUT2D eigenvalue weighted by molar-refractivity contribution is 6.23. The fourth-order valence-corrected chi connectivity index (χ4v) is 6.81. The molecule has 3 saturated carbocycles. The summed E-state index contributed by atoms with van der Waals surface area (Å²) >= 11 is 0. The third-order valence-corrected chi connectivity index (χ3v) is 10.4. The van der Waals surface area contributed by atoms with Crippen molar-refractivity contribution in [2.75, 3.05) is 24.7 Å². The molecule has 5 heterocycles. The number of Topliss-reactive ketones (excluding diaryl/α,β-unsaturated/α-hetero) is 1. The molecule has 1 atom stereocenters. The number of morpholine rings is 1. The van der Waals surface area contributed by atoms with Crippen molar-refractivity contribution in [3.8, 4) is 11.3 Å². The highest BCUT2D eigenvalue weighted by atomic mass is 16.5. The summed E-state index contributed by atoms with van der Waals surface area (Å²) in [7, 11) is 0. The number of anilines is 1. The molecule has 4 aliphatic carbocycles. The fraction of sp³-hybridized carbons (Fsp3) is 0.537. The van der Waals surface area contributed by atoms with E-state index in [1.807, 2.05) is 25.1 Å². The summed E-state index contributed by atoms with van der Waals surface area (Å²) in [5.74, 6) is 5.10. The average molecular weight is 723 g/mol. The maximum absolute atomic E-state index is 12.0. The first-order valence-corrected chi connectivity index (χ1v) is 19.2. The second kappa shape index (κ2) is 15.7. The van der Waals surface area contributed by atoms with E-state index < -0.39 is 0 Å². The van der Waals surface area contributed by atoms with Crippen LogP contribution >= 0.6 is 0 Å². The number of ether oxygens (including phenoxy) is 1. The number of rotatable bonds is 10. The highest BCUT2D eigenvalue weighted by Gasteiger charge is 2.38. The monoisotopic (exact) mass is 722 g/mol. The van der Waals surface area contributed by atoms with E-state index in [0.29, 0.717) is 43.2 Å². The van der Waals surface area contributed by atoms with Crippen molar-refractivity contribution in [1.29, 1.82) is 0 Å². The Balaban J connectivity index is 0.000000123. The first kappa shape index (κ1) is 36.6. The number of ketones is 1. The fourth-order valence-electron chi connectivity index (χ4n) is 6.81. The van der Waals surface area contributed by atoms with Gasteiger partial charge in [0.25, 0.3) is 5.91 Å².